The van der Waals surface area contributed by atoms with Crippen molar-refractivity contribution in [2.75, 3.05) is 5.75 Å². The molecular formula is C10H7ClFN3OS. The average Bonchev–Trinajstić information content (AvgIpc) is 2.68. The van der Waals surface area contributed by atoms with Crippen LogP contribution in [0.4, 0.5) is 4.39 Å². The maximum atomic E-state index is 13.3. The molecule has 1 N–H and O–H groups in total. The van der Waals surface area contributed by atoms with Gasteiger partial charge in [-0.3, -0.25) is 4.79 Å². The standard InChI is InChI=1S/C10H7ClFN3OS/c11-7-2-1-6(8(12)3-7)4-13-15-10-14-9(16)5-17-10/h1-4H,5H2,(H,14,15,16). The molecule has 1 aromatic carbocycles. The van der Waals surface area contributed by atoms with E-state index in [2.05, 4.69) is 15.5 Å². The van der Waals surface area contributed by atoms with Gasteiger partial charge in [0.25, 0.3) is 0 Å². The monoisotopic (exact) mass is 271 g/mol. The van der Waals surface area contributed by atoms with Gasteiger partial charge in [0.05, 0.1) is 12.0 Å². The lowest BCUT2D eigenvalue weighted by molar-refractivity contribution is -0.116. The van der Waals surface area contributed by atoms with Crippen molar-refractivity contribution in [3.8, 4) is 0 Å². The molecule has 1 amide bonds. The number of nitrogens with zero attached hydrogens (tertiary/aromatic N) is 2. The highest BCUT2D eigenvalue weighted by Gasteiger charge is 2.15. The Morgan fingerprint density at radius 1 is 1.53 bits per heavy atom. The summed E-state index contributed by atoms with van der Waals surface area (Å²) >= 11 is 6.86. The van der Waals surface area contributed by atoms with Gasteiger partial charge in [-0.1, -0.05) is 23.4 Å². The zero-order chi connectivity index (χ0) is 12.3. The second kappa shape index (κ2) is 5.29. The fourth-order valence-electron chi connectivity index (χ4n) is 1.13. The van der Waals surface area contributed by atoms with Crippen molar-refractivity contribution in [2.24, 2.45) is 10.2 Å². The average molecular weight is 272 g/mol. The van der Waals surface area contributed by atoms with Crippen molar-refractivity contribution in [3.05, 3.63) is 34.6 Å². The Balaban J connectivity index is 2.08. The van der Waals surface area contributed by atoms with E-state index >= 15 is 0 Å². The molecule has 17 heavy (non-hydrogen) atoms. The third-order valence-electron chi connectivity index (χ3n) is 1.89. The van der Waals surface area contributed by atoms with E-state index in [0.717, 1.165) is 0 Å². The van der Waals surface area contributed by atoms with Crippen LogP contribution in [0.3, 0.4) is 0 Å². The molecule has 0 bridgehead atoms. The summed E-state index contributed by atoms with van der Waals surface area (Å²) in [6, 6.07) is 4.26. The molecule has 0 radical (unpaired) electrons. The number of amidine groups is 1. The predicted octanol–water partition coefficient (Wildman–Crippen LogP) is 2.03. The Morgan fingerprint density at radius 3 is 3.00 bits per heavy atom. The Kier molecular flexibility index (Phi) is 3.75. The SMILES string of the molecule is O=C1CSC(=NN=Cc2ccc(Cl)cc2F)N1. The minimum atomic E-state index is -0.468. The number of hydrogen-bond donors (Lipinski definition) is 1. The molecule has 0 atom stereocenters. The van der Waals surface area contributed by atoms with Crippen LogP contribution in [0.5, 0.6) is 0 Å². The minimum absolute atomic E-state index is 0.110. The number of amides is 1. The van der Waals surface area contributed by atoms with Gasteiger partial charge in [0.2, 0.25) is 5.91 Å². The second-order valence-corrected chi connectivity index (χ2v) is 4.55. The molecule has 0 unspecified atom stereocenters. The Morgan fingerprint density at radius 2 is 2.35 bits per heavy atom. The number of halogens is 2. The van der Waals surface area contributed by atoms with Crippen molar-refractivity contribution in [3.63, 3.8) is 0 Å². The molecule has 1 heterocycles. The highest BCUT2D eigenvalue weighted by molar-refractivity contribution is 8.15. The second-order valence-electron chi connectivity index (χ2n) is 3.15. The molecule has 1 aromatic rings. The molecule has 0 aromatic heterocycles. The summed E-state index contributed by atoms with van der Waals surface area (Å²) in [5.74, 6) is -0.241. The van der Waals surface area contributed by atoms with E-state index in [0.29, 0.717) is 15.9 Å². The summed E-state index contributed by atoms with van der Waals surface area (Å²) < 4.78 is 13.3. The van der Waals surface area contributed by atoms with Crippen LogP contribution in [0.15, 0.2) is 28.4 Å². The molecule has 7 heteroatoms. The first kappa shape index (κ1) is 12.1. The van der Waals surface area contributed by atoms with Gasteiger partial charge in [-0.15, -0.1) is 5.10 Å². The Bertz CT molecular complexity index is 518. The van der Waals surface area contributed by atoms with E-state index in [4.69, 9.17) is 11.6 Å². The maximum Gasteiger partial charge on any atom is 0.236 e. The summed E-state index contributed by atoms with van der Waals surface area (Å²) in [6.45, 7) is 0. The third-order valence-corrected chi connectivity index (χ3v) is 2.99. The quantitative estimate of drug-likeness (QED) is 0.661. The van der Waals surface area contributed by atoms with Gasteiger partial charge in [-0.2, -0.15) is 5.10 Å². The van der Waals surface area contributed by atoms with Crippen molar-refractivity contribution < 1.29 is 9.18 Å². The fraction of sp³-hybridized carbons (Fsp3) is 0.100. The zero-order valence-electron chi connectivity index (χ0n) is 8.48. The molecule has 1 fully saturated rings. The molecule has 1 aliphatic heterocycles. The smallest absolute Gasteiger partial charge is 0.236 e. The van der Waals surface area contributed by atoms with E-state index in [1.807, 2.05) is 0 Å². The van der Waals surface area contributed by atoms with Crippen LogP contribution in [0, 0.1) is 5.82 Å². The summed E-state index contributed by atoms with van der Waals surface area (Å²) in [6.07, 6.45) is 1.27. The van der Waals surface area contributed by atoms with Crippen molar-refractivity contribution in [2.45, 2.75) is 0 Å². The number of carbonyl (C=O) groups is 1. The Hall–Kier alpha value is -1.40. The number of benzene rings is 1. The number of hydrogen-bond acceptors (Lipinski definition) is 4. The molecule has 88 valence electrons. The lowest BCUT2D eigenvalue weighted by Crippen LogP contribution is -2.19. The van der Waals surface area contributed by atoms with Crippen LogP contribution in [-0.4, -0.2) is 23.0 Å². The lowest BCUT2D eigenvalue weighted by Gasteiger charge is -1.95. The van der Waals surface area contributed by atoms with Crippen molar-refractivity contribution >= 4 is 40.7 Å². The maximum absolute atomic E-state index is 13.3. The van der Waals surface area contributed by atoms with Crippen LogP contribution < -0.4 is 5.32 Å². The highest BCUT2D eigenvalue weighted by Crippen LogP contribution is 2.13. The largest absolute Gasteiger partial charge is 0.303 e. The van der Waals surface area contributed by atoms with Gasteiger partial charge < -0.3 is 5.32 Å². The molecule has 0 spiro atoms. The van der Waals surface area contributed by atoms with Gasteiger partial charge in [-0.25, -0.2) is 4.39 Å². The molecule has 1 saturated heterocycles. The van der Waals surface area contributed by atoms with Crippen molar-refractivity contribution in [1.82, 2.24) is 5.32 Å². The van der Waals surface area contributed by atoms with Crippen LogP contribution in [0.1, 0.15) is 5.56 Å². The lowest BCUT2D eigenvalue weighted by atomic mass is 10.2. The van der Waals surface area contributed by atoms with Crippen molar-refractivity contribution in [1.29, 1.82) is 0 Å². The molecule has 4 nitrogen and oxygen atoms in total. The van der Waals surface area contributed by atoms with Crippen LogP contribution in [0.25, 0.3) is 0 Å². The summed E-state index contributed by atoms with van der Waals surface area (Å²) in [5.41, 5.74) is 0.285. The van der Waals surface area contributed by atoms with E-state index < -0.39 is 5.82 Å². The normalized spacial score (nSPS) is 18.0. The number of thioether (sulfide) groups is 1. The Labute approximate surface area is 106 Å². The zero-order valence-corrected chi connectivity index (χ0v) is 10.1. The van der Waals surface area contributed by atoms with Crippen LogP contribution in [-0.2, 0) is 4.79 Å². The van der Waals surface area contributed by atoms with E-state index in [9.17, 15) is 9.18 Å². The summed E-state index contributed by atoms with van der Waals surface area (Å²) in [4.78, 5) is 10.8. The van der Waals surface area contributed by atoms with E-state index in [-0.39, 0.29) is 11.5 Å². The van der Waals surface area contributed by atoms with Gasteiger partial charge >= 0.3 is 0 Å². The number of nitrogens with one attached hydrogen (secondary N) is 1. The molecular weight excluding hydrogens is 265 g/mol. The van der Waals surface area contributed by atoms with Gasteiger partial charge in [0, 0.05) is 10.6 Å². The molecule has 2 rings (SSSR count). The number of rotatable bonds is 2. The highest BCUT2D eigenvalue weighted by atomic mass is 35.5. The predicted molar refractivity (Wildman–Crippen MR) is 67.0 cm³/mol. The van der Waals surface area contributed by atoms with Gasteiger partial charge in [0.1, 0.15) is 5.82 Å². The summed E-state index contributed by atoms with van der Waals surface area (Å²) in [5, 5.41) is 10.7. The topological polar surface area (TPSA) is 53.8 Å². The van der Waals surface area contributed by atoms with Gasteiger partial charge in [-0.05, 0) is 18.2 Å². The number of carbonyl (C=O) groups excluding carboxylic acids is 1. The van der Waals surface area contributed by atoms with Crippen LogP contribution in [0.2, 0.25) is 5.02 Å². The molecule has 1 aliphatic rings. The van der Waals surface area contributed by atoms with Crippen LogP contribution >= 0.6 is 23.4 Å². The molecule has 0 saturated carbocycles. The third kappa shape index (κ3) is 3.28. The summed E-state index contributed by atoms with van der Waals surface area (Å²) in [7, 11) is 0. The van der Waals surface area contributed by atoms with Gasteiger partial charge in [0.15, 0.2) is 5.17 Å². The fourth-order valence-corrected chi connectivity index (χ4v) is 1.92. The van der Waals surface area contributed by atoms with E-state index in [1.54, 1.807) is 6.07 Å². The minimum Gasteiger partial charge on any atom is -0.303 e. The molecule has 0 aliphatic carbocycles. The van der Waals surface area contributed by atoms with E-state index in [1.165, 1.54) is 30.1 Å². The first-order valence-electron chi connectivity index (χ1n) is 4.64. The first-order valence-corrected chi connectivity index (χ1v) is 6.00. The first-order chi connectivity index (χ1) is 8.15.